The second kappa shape index (κ2) is 14.0. The van der Waals surface area contributed by atoms with Gasteiger partial charge in [-0.2, -0.15) is 0 Å². The minimum atomic E-state index is 0. The number of rotatable bonds is 13. The van der Waals surface area contributed by atoms with Crippen LogP contribution < -0.4 is 14.4 Å². The Kier molecular flexibility index (Phi) is 13.3. The lowest BCUT2D eigenvalue weighted by Gasteiger charge is -2.30. The molecule has 0 amide bonds. The summed E-state index contributed by atoms with van der Waals surface area (Å²) < 4.78 is 10.9. The molecule has 0 atom stereocenters. The molecule has 1 rings (SSSR count). The zero-order valence-corrected chi connectivity index (χ0v) is 18.3. The SMILES string of the molecule is CCN(CC)CCN(CCN(CC)CC)c1ccc(OC)c(OC)c1.Cl. The van der Waals surface area contributed by atoms with Crippen LogP contribution in [0.15, 0.2) is 18.2 Å². The molecular weight excluding hydrogens is 350 g/mol. The highest BCUT2D eigenvalue weighted by Gasteiger charge is 2.13. The Labute approximate surface area is 166 Å². The number of benzene rings is 1. The molecule has 0 N–H and O–H groups in total. The summed E-state index contributed by atoms with van der Waals surface area (Å²) in [5.41, 5.74) is 1.19. The summed E-state index contributed by atoms with van der Waals surface area (Å²) in [7, 11) is 3.37. The Hall–Kier alpha value is -1.17. The average Bonchev–Trinajstić information content (AvgIpc) is 2.67. The Morgan fingerprint density at radius 3 is 1.54 bits per heavy atom. The van der Waals surface area contributed by atoms with Crippen molar-refractivity contribution < 1.29 is 9.47 Å². The highest BCUT2D eigenvalue weighted by atomic mass is 35.5. The maximum atomic E-state index is 5.49. The summed E-state index contributed by atoms with van der Waals surface area (Å²) in [6, 6.07) is 6.21. The van der Waals surface area contributed by atoms with Crippen LogP contribution in [0.2, 0.25) is 0 Å². The number of methoxy groups -OCH3 is 2. The van der Waals surface area contributed by atoms with Crippen molar-refractivity contribution in [2.75, 3.05) is 71.5 Å². The van der Waals surface area contributed by atoms with E-state index in [9.17, 15) is 0 Å². The van der Waals surface area contributed by atoms with Crippen molar-refractivity contribution in [3.63, 3.8) is 0 Å². The smallest absolute Gasteiger partial charge is 0.162 e. The zero-order chi connectivity index (χ0) is 18.7. The molecule has 0 saturated heterocycles. The summed E-state index contributed by atoms with van der Waals surface area (Å²) in [6.45, 7) is 17.4. The summed E-state index contributed by atoms with van der Waals surface area (Å²) in [5, 5.41) is 0. The van der Waals surface area contributed by atoms with Gasteiger partial charge in [0.05, 0.1) is 14.2 Å². The first-order valence-corrected chi connectivity index (χ1v) is 9.54. The third-order valence-corrected chi connectivity index (χ3v) is 4.89. The van der Waals surface area contributed by atoms with Gasteiger partial charge in [-0.15, -0.1) is 12.4 Å². The van der Waals surface area contributed by atoms with Crippen LogP contribution in [0.4, 0.5) is 5.69 Å². The Balaban J connectivity index is 0.00000625. The fourth-order valence-electron chi connectivity index (χ4n) is 3.00. The predicted molar refractivity (Wildman–Crippen MR) is 115 cm³/mol. The second-order valence-electron chi connectivity index (χ2n) is 6.08. The van der Waals surface area contributed by atoms with Crippen LogP contribution in [-0.2, 0) is 0 Å². The molecule has 152 valence electrons. The van der Waals surface area contributed by atoms with Crippen LogP contribution in [0.5, 0.6) is 11.5 Å². The summed E-state index contributed by atoms with van der Waals surface area (Å²) in [5.74, 6) is 1.56. The second-order valence-corrected chi connectivity index (χ2v) is 6.08. The molecule has 0 saturated carbocycles. The first kappa shape index (κ1) is 24.8. The lowest BCUT2D eigenvalue weighted by Crippen LogP contribution is -2.39. The van der Waals surface area contributed by atoms with Crippen molar-refractivity contribution in [3.05, 3.63) is 18.2 Å². The Morgan fingerprint density at radius 2 is 1.15 bits per heavy atom. The van der Waals surface area contributed by atoms with Crippen molar-refractivity contribution in [1.29, 1.82) is 0 Å². The average molecular weight is 388 g/mol. The molecule has 0 spiro atoms. The topological polar surface area (TPSA) is 28.2 Å². The fraction of sp³-hybridized carbons (Fsp3) is 0.700. The highest BCUT2D eigenvalue weighted by molar-refractivity contribution is 5.85. The van der Waals surface area contributed by atoms with E-state index in [1.165, 1.54) is 5.69 Å². The molecule has 0 aliphatic rings. The number of ether oxygens (including phenoxy) is 2. The molecule has 0 fully saturated rings. The maximum Gasteiger partial charge on any atom is 0.162 e. The van der Waals surface area contributed by atoms with E-state index < -0.39 is 0 Å². The van der Waals surface area contributed by atoms with Crippen molar-refractivity contribution >= 4 is 18.1 Å². The quantitative estimate of drug-likeness (QED) is 0.515. The normalized spacial score (nSPS) is 10.8. The van der Waals surface area contributed by atoms with Gasteiger partial charge in [-0.05, 0) is 38.3 Å². The van der Waals surface area contributed by atoms with Crippen molar-refractivity contribution in [1.82, 2.24) is 9.80 Å². The van der Waals surface area contributed by atoms with Gasteiger partial charge in [0.15, 0.2) is 11.5 Å². The van der Waals surface area contributed by atoms with Gasteiger partial charge < -0.3 is 24.2 Å². The summed E-state index contributed by atoms with van der Waals surface area (Å²) in [6.07, 6.45) is 0. The monoisotopic (exact) mass is 387 g/mol. The molecule has 0 unspecified atom stereocenters. The van der Waals surface area contributed by atoms with Crippen molar-refractivity contribution in [2.24, 2.45) is 0 Å². The van der Waals surface area contributed by atoms with E-state index >= 15 is 0 Å². The largest absolute Gasteiger partial charge is 0.493 e. The minimum absolute atomic E-state index is 0. The molecule has 0 aliphatic carbocycles. The van der Waals surface area contributed by atoms with E-state index in [1.54, 1.807) is 14.2 Å². The molecule has 1 aromatic carbocycles. The fourth-order valence-corrected chi connectivity index (χ4v) is 3.00. The van der Waals surface area contributed by atoms with E-state index in [1.807, 2.05) is 6.07 Å². The molecule has 26 heavy (non-hydrogen) atoms. The Bertz CT molecular complexity index is 464. The van der Waals surface area contributed by atoms with Crippen LogP contribution >= 0.6 is 12.4 Å². The molecule has 0 heterocycles. The predicted octanol–water partition coefficient (Wildman–Crippen LogP) is 3.62. The third-order valence-electron chi connectivity index (χ3n) is 4.89. The number of anilines is 1. The van der Waals surface area contributed by atoms with Crippen molar-refractivity contribution in [3.8, 4) is 11.5 Å². The summed E-state index contributed by atoms with van der Waals surface area (Å²) in [4.78, 5) is 7.38. The first-order chi connectivity index (χ1) is 12.1. The number of nitrogens with zero attached hydrogens (tertiary/aromatic N) is 3. The molecule has 0 aromatic heterocycles. The lowest BCUT2D eigenvalue weighted by molar-refractivity contribution is 0.294. The van der Waals surface area contributed by atoms with E-state index in [0.29, 0.717) is 0 Å². The van der Waals surface area contributed by atoms with Gasteiger partial charge in [0, 0.05) is 37.9 Å². The molecule has 0 aliphatic heterocycles. The van der Waals surface area contributed by atoms with Crippen LogP contribution in [0.25, 0.3) is 0 Å². The van der Waals surface area contributed by atoms with E-state index in [0.717, 1.165) is 63.9 Å². The number of halogens is 1. The molecule has 6 heteroatoms. The van der Waals surface area contributed by atoms with Crippen LogP contribution in [-0.4, -0.2) is 76.4 Å². The van der Waals surface area contributed by atoms with Gasteiger partial charge in [0.2, 0.25) is 0 Å². The Morgan fingerprint density at radius 1 is 0.692 bits per heavy atom. The lowest BCUT2D eigenvalue weighted by atomic mass is 10.2. The van der Waals surface area contributed by atoms with E-state index in [-0.39, 0.29) is 12.4 Å². The summed E-state index contributed by atoms with van der Waals surface area (Å²) >= 11 is 0. The van der Waals surface area contributed by atoms with Gasteiger partial charge in [-0.25, -0.2) is 0 Å². The van der Waals surface area contributed by atoms with Crippen LogP contribution in [0.3, 0.4) is 0 Å². The van der Waals surface area contributed by atoms with E-state index in [4.69, 9.17) is 9.47 Å². The molecule has 5 nitrogen and oxygen atoms in total. The molecule has 0 bridgehead atoms. The van der Waals surface area contributed by atoms with Gasteiger partial charge >= 0.3 is 0 Å². The van der Waals surface area contributed by atoms with Crippen molar-refractivity contribution in [2.45, 2.75) is 27.7 Å². The standard InChI is InChI=1S/C20H37N3O2.ClH/c1-7-21(8-2)13-15-23(16-14-22(9-3)10-4)18-11-12-19(24-5)20(17-18)25-6;/h11-12,17H,7-10,13-16H2,1-6H3;1H. The van der Waals surface area contributed by atoms with E-state index in [2.05, 4.69) is 54.5 Å². The minimum Gasteiger partial charge on any atom is -0.493 e. The number of hydrogen-bond donors (Lipinski definition) is 0. The number of likely N-dealkylation sites (N-methyl/N-ethyl adjacent to an activating group) is 2. The van der Waals surface area contributed by atoms with Gasteiger partial charge in [-0.3, -0.25) is 0 Å². The molecular formula is C20H38ClN3O2. The van der Waals surface area contributed by atoms with Gasteiger partial charge in [-0.1, -0.05) is 27.7 Å². The zero-order valence-electron chi connectivity index (χ0n) is 17.5. The number of hydrogen-bond acceptors (Lipinski definition) is 5. The molecule has 1 aromatic rings. The maximum absolute atomic E-state index is 5.49. The highest BCUT2D eigenvalue weighted by Crippen LogP contribution is 2.31. The third kappa shape index (κ3) is 7.60. The van der Waals surface area contributed by atoms with Gasteiger partial charge in [0.25, 0.3) is 0 Å². The van der Waals surface area contributed by atoms with Crippen LogP contribution in [0, 0.1) is 0 Å². The van der Waals surface area contributed by atoms with Gasteiger partial charge in [0.1, 0.15) is 0 Å². The van der Waals surface area contributed by atoms with Crippen LogP contribution in [0.1, 0.15) is 27.7 Å². The first-order valence-electron chi connectivity index (χ1n) is 9.54. The molecule has 0 radical (unpaired) electrons.